The summed E-state index contributed by atoms with van der Waals surface area (Å²) < 4.78 is 5.65. The average molecular weight is 267 g/mol. The predicted molar refractivity (Wildman–Crippen MR) is 78.5 cm³/mol. The van der Waals surface area contributed by atoms with Crippen LogP contribution < -0.4 is 10.1 Å². The second-order valence-electron chi connectivity index (χ2n) is 4.31. The van der Waals surface area contributed by atoms with E-state index in [1.165, 1.54) is 0 Å². The monoisotopic (exact) mass is 267 g/mol. The van der Waals surface area contributed by atoms with E-state index in [-0.39, 0.29) is 12.0 Å². The van der Waals surface area contributed by atoms with Crippen LogP contribution in [0.1, 0.15) is 26.7 Å². The number of carbonyl (C=O) groups is 1. The zero-order valence-corrected chi connectivity index (χ0v) is 12.0. The number of nitrogens with one attached hydrogen (secondary N) is 1. The van der Waals surface area contributed by atoms with Crippen molar-refractivity contribution in [1.82, 2.24) is 0 Å². The number of amides is 1. The summed E-state index contributed by atoms with van der Waals surface area (Å²) in [6, 6.07) is 7.54. The zero-order valence-electron chi connectivity index (χ0n) is 11.2. The molecule has 0 saturated carbocycles. The fraction of sp³-hybridized carbons (Fsp3) is 0.500. The number of hydrogen-bond donors (Lipinski definition) is 1. The van der Waals surface area contributed by atoms with Gasteiger partial charge in [0.05, 0.1) is 11.8 Å². The maximum Gasteiger partial charge on any atom is 0.224 e. The molecule has 0 unspecified atom stereocenters. The molecule has 18 heavy (non-hydrogen) atoms. The molecule has 0 radical (unpaired) electrons. The zero-order chi connectivity index (χ0) is 13.4. The molecule has 1 rings (SSSR count). The third-order valence-corrected chi connectivity index (χ3v) is 2.97. The molecule has 0 saturated heterocycles. The van der Waals surface area contributed by atoms with Gasteiger partial charge in [0.25, 0.3) is 0 Å². The first kappa shape index (κ1) is 14.9. The predicted octanol–water partition coefficient (Wildman–Crippen LogP) is 3.56. The molecule has 4 heteroatoms. The fourth-order valence-corrected chi connectivity index (χ4v) is 1.95. The summed E-state index contributed by atoms with van der Waals surface area (Å²) in [4.78, 5) is 11.7. The maximum absolute atomic E-state index is 11.7. The van der Waals surface area contributed by atoms with Crippen molar-refractivity contribution >= 4 is 23.4 Å². The lowest BCUT2D eigenvalue weighted by atomic mass is 10.2. The van der Waals surface area contributed by atoms with Gasteiger partial charge in [0.2, 0.25) is 5.91 Å². The highest BCUT2D eigenvalue weighted by Crippen LogP contribution is 2.25. The fourth-order valence-electron chi connectivity index (χ4n) is 1.52. The molecule has 1 N–H and O–H groups in total. The van der Waals surface area contributed by atoms with E-state index in [1.807, 2.05) is 44.4 Å². The Kier molecular flexibility index (Phi) is 6.65. The lowest BCUT2D eigenvalue weighted by Crippen LogP contribution is -2.14. The Morgan fingerprint density at radius 3 is 2.78 bits per heavy atom. The summed E-state index contributed by atoms with van der Waals surface area (Å²) in [6.07, 6.45) is 3.60. The minimum atomic E-state index is 0.0452. The molecule has 0 bridgehead atoms. The number of thioether (sulfide) groups is 1. The van der Waals surface area contributed by atoms with Crippen LogP contribution in [0, 0.1) is 0 Å². The van der Waals surface area contributed by atoms with E-state index < -0.39 is 0 Å². The number of rotatable bonds is 7. The van der Waals surface area contributed by atoms with Crippen molar-refractivity contribution in [2.75, 3.05) is 17.3 Å². The first-order chi connectivity index (χ1) is 8.63. The van der Waals surface area contributed by atoms with Crippen LogP contribution >= 0.6 is 11.8 Å². The summed E-state index contributed by atoms with van der Waals surface area (Å²) in [5.74, 6) is 1.78. The van der Waals surface area contributed by atoms with Crippen LogP contribution in [0.2, 0.25) is 0 Å². The second kappa shape index (κ2) is 8.03. The van der Waals surface area contributed by atoms with Gasteiger partial charge in [-0.1, -0.05) is 12.1 Å². The lowest BCUT2D eigenvalue weighted by molar-refractivity contribution is -0.116. The Bertz CT molecular complexity index is 380. The molecule has 100 valence electrons. The number of benzene rings is 1. The molecule has 0 atom stereocenters. The molecule has 0 aromatic heterocycles. The molecule has 0 aliphatic carbocycles. The van der Waals surface area contributed by atoms with Gasteiger partial charge in [0.1, 0.15) is 5.75 Å². The highest BCUT2D eigenvalue weighted by molar-refractivity contribution is 7.98. The maximum atomic E-state index is 11.7. The average Bonchev–Trinajstić information content (AvgIpc) is 2.31. The van der Waals surface area contributed by atoms with Crippen molar-refractivity contribution in [2.24, 2.45) is 0 Å². The molecule has 1 aromatic carbocycles. The number of ether oxygens (including phenoxy) is 1. The van der Waals surface area contributed by atoms with Gasteiger partial charge in [0, 0.05) is 6.42 Å². The molecule has 0 aliphatic rings. The van der Waals surface area contributed by atoms with Gasteiger partial charge < -0.3 is 10.1 Å². The van der Waals surface area contributed by atoms with Crippen LogP contribution in [0.15, 0.2) is 24.3 Å². The summed E-state index contributed by atoms with van der Waals surface area (Å²) in [7, 11) is 0. The van der Waals surface area contributed by atoms with Crippen LogP contribution in [0.5, 0.6) is 5.75 Å². The van der Waals surface area contributed by atoms with Gasteiger partial charge >= 0.3 is 0 Å². The summed E-state index contributed by atoms with van der Waals surface area (Å²) in [6.45, 7) is 3.94. The van der Waals surface area contributed by atoms with Crippen molar-refractivity contribution in [1.29, 1.82) is 0 Å². The molecule has 0 aliphatic heterocycles. The largest absolute Gasteiger partial charge is 0.489 e. The first-order valence-corrected chi connectivity index (χ1v) is 7.57. The Balaban J connectivity index is 2.57. The van der Waals surface area contributed by atoms with Gasteiger partial charge in [-0.15, -0.1) is 0 Å². The third-order valence-electron chi connectivity index (χ3n) is 2.28. The summed E-state index contributed by atoms with van der Waals surface area (Å²) in [5, 5.41) is 2.90. The molecule has 1 amide bonds. The van der Waals surface area contributed by atoms with Gasteiger partial charge in [-0.2, -0.15) is 11.8 Å². The number of hydrogen-bond acceptors (Lipinski definition) is 3. The van der Waals surface area contributed by atoms with Gasteiger partial charge in [-0.3, -0.25) is 4.79 Å². The molecular weight excluding hydrogens is 246 g/mol. The van der Waals surface area contributed by atoms with E-state index in [2.05, 4.69) is 5.32 Å². The van der Waals surface area contributed by atoms with E-state index in [0.717, 1.165) is 23.6 Å². The Morgan fingerprint density at radius 1 is 1.39 bits per heavy atom. The van der Waals surface area contributed by atoms with E-state index in [1.54, 1.807) is 11.8 Å². The Hall–Kier alpha value is -1.16. The summed E-state index contributed by atoms with van der Waals surface area (Å²) in [5.41, 5.74) is 0.750. The van der Waals surface area contributed by atoms with Crippen LogP contribution in [-0.4, -0.2) is 24.0 Å². The van der Waals surface area contributed by atoms with E-state index >= 15 is 0 Å². The first-order valence-electron chi connectivity index (χ1n) is 6.18. The molecule has 0 spiro atoms. The number of carbonyl (C=O) groups excluding carboxylic acids is 1. The van der Waals surface area contributed by atoms with Crippen LogP contribution in [0.25, 0.3) is 0 Å². The standard InChI is InChI=1S/C14H21NO2S/c1-11(2)17-13-8-5-4-7-12(13)15-14(16)9-6-10-18-3/h4-5,7-8,11H,6,9-10H2,1-3H3,(H,15,16). The smallest absolute Gasteiger partial charge is 0.224 e. The van der Waals surface area contributed by atoms with E-state index in [0.29, 0.717) is 6.42 Å². The topological polar surface area (TPSA) is 38.3 Å². The molecule has 0 fully saturated rings. The Morgan fingerprint density at radius 2 is 2.11 bits per heavy atom. The van der Waals surface area contributed by atoms with Crippen molar-refractivity contribution in [2.45, 2.75) is 32.8 Å². The highest BCUT2D eigenvalue weighted by atomic mass is 32.2. The van der Waals surface area contributed by atoms with Crippen molar-refractivity contribution in [3.63, 3.8) is 0 Å². The third kappa shape index (κ3) is 5.45. The van der Waals surface area contributed by atoms with Crippen LogP contribution in [0.4, 0.5) is 5.69 Å². The van der Waals surface area contributed by atoms with Crippen molar-refractivity contribution in [3.8, 4) is 5.75 Å². The van der Waals surface area contributed by atoms with E-state index in [4.69, 9.17) is 4.74 Å². The van der Waals surface area contributed by atoms with E-state index in [9.17, 15) is 4.79 Å². The van der Waals surface area contributed by atoms with Gasteiger partial charge in [0.15, 0.2) is 0 Å². The lowest BCUT2D eigenvalue weighted by Gasteiger charge is -2.14. The molecule has 1 aromatic rings. The van der Waals surface area contributed by atoms with Crippen molar-refractivity contribution in [3.05, 3.63) is 24.3 Å². The highest BCUT2D eigenvalue weighted by Gasteiger charge is 2.08. The normalized spacial score (nSPS) is 10.4. The second-order valence-corrected chi connectivity index (χ2v) is 5.29. The van der Waals surface area contributed by atoms with Crippen LogP contribution in [0.3, 0.4) is 0 Å². The van der Waals surface area contributed by atoms with Gasteiger partial charge in [-0.25, -0.2) is 0 Å². The van der Waals surface area contributed by atoms with Crippen molar-refractivity contribution < 1.29 is 9.53 Å². The quantitative estimate of drug-likeness (QED) is 0.768. The minimum Gasteiger partial charge on any atom is -0.489 e. The number of anilines is 1. The van der Waals surface area contributed by atoms with Gasteiger partial charge in [-0.05, 0) is 44.4 Å². The molecular formula is C14H21NO2S. The molecule has 3 nitrogen and oxygen atoms in total. The number of para-hydroxylation sites is 2. The van der Waals surface area contributed by atoms with Crippen LogP contribution in [-0.2, 0) is 4.79 Å². The summed E-state index contributed by atoms with van der Waals surface area (Å²) >= 11 is 1.76. The minimum absolute atomic E-state index is 0.0452. The molecule has 0 heterocycles. The Labute approximate surface area is 113 Å². The SMILES string of the molecule is CSCCCC(=O)Nc1ccccc1OC(C)C.